The third-order valence-electron chi connectivity index (χ3n) is 5.17. The fraction of sp³-hybridized carbons (Fsp3) is 0.160. The van der Waals surface area contributed by atoms with Crippen LogP contribution in [-0.2, 0) is 6.42 Å². The molecule has 0 radical (unpaired) electrons. The highest BCUT2D eigenvalue weighted by atomic mass is 32.1. The minimum Gasteiger partial charge on any atom is -0.340 e. The Kier molecular flexibility index (Phi) is 5.54. The summed E-state index contributed by atoms with van der Waals surface area (Å²) in [6.07, 6.45) is 7.00. The second kappa shape index (κ2) is 8.41. The highest BCUT2D eigenvalue weighted by Crippen LogP contribution is 2.28. The lowest BCUT2D eigenvalue weighted by Crippen LogP contribution is -2.12. The zero-order valence-electron chi connectivity index (χ0n) is 15.8. The van der Waals surface area contributed by atoms with Crippen molar-refractivity contribution in [3.8, 4) is 10.4 Å². The molecule has 1 unspecified atom stereocenters. The van der Waals surface area contributed by atoms with Gasteiger partial charge in [-0.05, 0) is 54.0 Å². The molecule has 0 aliphatic rings. The van der Waals surface area contributed by atoms with Crippen LogP contribution in [0, 0.1) is 0 Å². The summed E-state index contributed by atoms with van der Waals surface area (Å²) < 4.78 is 2.19. The van der Waals surface area contributed by atoms with Gasteiger partial charge in [0.1, 0.15) is 0 Å². The second-order valence-corrected chi connectivity index (χ2v) is 7.93. The summed E-state index contributed by atoms with van der Waals surface area (Å²) >= 11 is 1.69. The molecule has 4 rings (SSSR count). The first kappa shape index (κ1) is 18.5. The molecule has 0 amide bonds. The van der Waals surface area contributed by atoms with Gasteiger partial charge in [-0.15, -0.1) is 17.9 Å². The van der Waals surface area contributed by atoms with Crippen LogP contribution in [0.15, 0.2) is 95.8 Å². The van der Waals surface area contributed by atoms with E-state index in [1.54, 1.807) is 17.4 Å². The molecule has 0 bridgehead atoms. The van der Waals surface area contributed by atoms with Gasteiger partial charge in [0.05, 0.1) is 11.6 Å². The monoisotopic (exact) mass is 385 g/mol. The molecule has 2 aromatic heterocycles. The molecule has 0 aliphatic heterocycles. The minimum atomic E-state index is 0.0664. The van der Waals surface area contributed by atoms with E-state index in [1.807, 2.05) is 30.5 Å². The second-order valence-electron chi connectivity index (χ2n) is 6.98. The standard InChI is InChI=1S/C25H23NOS/c1-2-21(11-6-10-19-8-4-3-5-9-19)26-16-15-24(27)22-18-20(13-14-23(22)26)25-12-7-17-28-25/h2-5,7-9,12-18,21H,1,6,10-11H2. The van der Waals surface area contributed by atoms with Crippen molar-refractivity contribution in [2.45, 2.75) is 25.3 Å². The molecular weight excluding hydrogens is 362 g/mol. The van der Waals surface area contributed by atoms with Crippen molar-refractivity contribution in [3.63, 3.8) is 0 Å². The number of hydrogen-bond donors (Lipinski definition) is 0. The average Bonchev–Trinajstić information content (AvgIpc) is 3.28. The van der Waals surface area contributed by atoms with E-state index in [1.165, 1.54) is 10.4 Å². The number of allylic oxidation sites excluding steroid dienone is 1. The number of hydrogen-bond acceptors (Lipinski definition) is 2. The maximum absolute atomic E-state index is 12.5. The molecule has 0 saturated carbocycles. The first-order valence-corrected chi connectivity index (χ1v) is 10.5. The Hall–Kier alpha value is -2.91. The number of aryl methyl sites for hydroxylation is 1. The number of fused-ring (bicyclic) bond motifs is 1. The lowest BCUT2D eigenvalue weighted by Gasteiger charge is -2.20. The lowest BCUT2D eigenvalue weighted by atomic mass is 10.0. The van der Waals surface area contributed by atoms with Crippen LogP contribution in [0.1, 0.15) is 24.4 Å². The molecule has 0 spiro atoms. The smallest absolute Gasteiger partial charge is 0.189 e. The van der Waals surface area contributed by atoms with E-state index in [0.717, 1.165) is 35.7 Å². The van der Waals surface area contributed by atoms with Gasteiger partial charge in [0, 0.05) is 22.5 Å². The number of thiophene rings is 1. The van der Waals surface area contributed by atoms with Crippen LogP contribution in [0.25, 0.3) is 21.3 Å². The molecular formula is C25H23NOS. The van der Waals surface area contributed by atoms with E-state index in [9.17, 15) is 4.79 Å². The van der Waals surface area contributed by atoms with Crippen LogP contribution < -0.4 is 5.43 Å². The van der Waals surface area contributed by atoms with Crippen molar-refractivity contribution in [2.24, 2.45) is 0 Å². The fourth-order valence-corrected chi connectivity index (χ4v) is 4.42. The Morgan fingerprint density at radius 3 is 2.64 bits per heavy atom. The number of pyridine rings is 1. The topological polar surface area (TPSA) is 22.0 Å². The summed E-state index contributed by atoms with van der Waals surface area (Å²) in [5.74, 6) is 0. The van der Waals surface area contributed by atoms with Gasteiger partial charge in [-0.1, -0.05) is 48.5 Å². The molecule has 0 aliphatic carbocycles. The fourth-order valence-electron chi connectivity index (χ4n) is 3.69. The van der Waals surface area contributed by atoms with Gasteiger partial charge < -0.3 is 4.57 Å². The van der Waals surface area contributed by atoms with Crippen LogP contribution >= 0.6 is 11.3 Å². The van der Waals surface area contributed by atoms with Crippen LogP contribution in [-0.4, -0.2) is 4.57 Å². The first-order chi connectivity index (χ1) is 13.8. The Balaban J connectivity index is 1.62. The van der Waals surface area contributed by atoms with Crippen LogP contribution in [0.3, 0.4) is 0 Å². The van der Waals surface area contributed by atoms with Crippen molar-refractivity contribution in [3.05, 3.63) is 107 Å². The Morgan fingerprint density at radius 2 is 1.89 bits per heavy atom. The normalized spacial score (nSPS) is 12.1. The van der Waals surface area contributed by atoms with E-state index >= 15 is 0 Å². The lowest BCUT2D eigenvalue weighted by molar-refractivity contribution is 0.546. The summed E-state index contributed by atoms with van der Waals surface area (Å²) in [5.41, 5.74) is 3.49. The summed E-state index contributed by atoms with van der Waals surface area (Å²) in [5, 5.41) is 2.83. The highest BCUT2D eigenvalue weighted by molar-refractivity contribution is 7.13. The minimum absolute atomic E-state index is 0.0664. The maximum Gasteiger partial charge on any atom is 0.189 e. The van der Waals surface area contributed by atoms with E-state index in [-0.39, 0.29) is 11.5 Å². The first-order valence-electron chi connectivity index (χ1n) is 9.61. The summed E-state index contributed by atoms with van der Waals surface area (Å²) in [4.78, 5) is 13.7. The molecule has 0 saturated heterocycles. The van der Waals surface area contributed by atoms with E-state index in [0.29, 0.717) is 0 Å². The molecule has 0 fully saturated rings. The Labute approximate surface area is 169 Å². The predicted molar refractivity (Wildman–Crippen MR) is 120 cm³/mol. The zero-order chi connectivity index (χ0) is 19.3. The number of benzene rings is 2. The molecule has 2 nitrogen and oxygen atoms in total. The number of aromatic nitrogens is 1. The van der Waals surface area contributed by atoms with E-state index < -0.39 is 0 Å². The number of rotatable bonds is 7. The highest BCUT2D eigenvalue weighted by Gasteiger charge is 2.12. The van der Waals surface area contributed by atoms with Gasteiger partial charge in [-0.3, -0.25) is 4.79 Å². The molecule has 3 heteroatoms. The quantitative estimate of drug-likeness (QED) is 0.334. The molecule has 140 valence electrons. The Morgan fingerprint density at radius 1 is 1.04 bits per heavy atom. The van der Waals surface area contributed by atoms with Crippen molar-refractivity contribution >= 4 is 22.2 Å². The summed E-state index contributed by atoms with van der Waals surface area (Å²) in [7, 11) is 0. The summed E-state index contributed by atoms with van der Waals surface area (Å²) in [6, 6.07) is 22.7. The molecule has 2 heterocycles. The van der Waals surface area contributed by atoms with Crippen molar-refractivity contribution < 1.29 is 0 Å². The largest absolute Gasteiger partial charge is 0.340 e. The van der Waals surface area contributed by atoms with Gasteiger partial charge in [0.25, 0.3) is 0 Å². The van der Waals surface area contributed by atoms with Gasteiger partial charge in [-0.25, -0.2) is 0 Å². The maximum atomic E-state index is 12.5. The van der Waals surface area contributed by atoms with Crippen LogP contribution in [0.2, 0.25) is 0 Å². The number of nitrogens with zero attached hydrogens (tertiary/aromatic N) is 1. The molecule has 4 aromatic rings. The van der Waals surface area contributed by atoms with E-state index in [4.69, 9.17) is 0 Å². The van der Waals surface area contributed by atoms with Crippen LogP contribution in [0.5, 0.6) is 0 Å². The van der Waals surface area contributed by atoms with Crippen molar-refractivity contribution in [1.82, 2.24) is 4.57 Å². The molecule has 28 heavy (non-hydrogen) atoms. The van der Waals surface area contributed by atoms with Gasteiger partial charge in [0.2, 0.25) is 0 Å². The van der Waals surface area contributed by atoms with Crippen molar-refractivity contribution in [1.29, 1.82) is 0 Å². The predicted octanol–water partition coefficient (Wildman–Crippen LogP) is 6.48. The third-order valence-corrected chi connectivity index (χ3v) is 6.09. The van der Waals surface area contributed by atoms with Crippen LogP contribution in [0.4, 0.5) is 0 Å². The average molecular weight is 386 g/mol. The third kappa shape index (κ3) is 3.85. The van der Waals surface area contributed by atoms with Gasteiger partial charge in [0.15, 0.2) is 5.43 Å². The molecule has 0 N–H and O–H groups in total. The van der Waals surface area contributed by atoms with Crippen molar-refractivity contribution in [2.75, 3.05) is 0 Å². The summed E-state index contributed by atoms with van der Waals surface area (Å²) in [6.45, 7) is 4.05. The molecule has 1 atom stereocenters. The Bertz CT molecular complexity index is 1130. The van der Waals surface area contributed by atoms with E-state index in [2.05, 4.69) is 59.0 Å². The SMILES string of the molecule is C=CC(CCCc1ccccc1)n1ccc(=O)c2cc(-c3cccs3)ccc21. The molecule has 2 aromatic carbocycles. The van der Waals surface area contributed by atoms with Gasteiger partial charge in [-0.2, -0.15) is 0 Å². The zero-order valence-corrected chi connectivity index (χ0v) is 16.6. The van der Waals surface area contributed by atoms with Gasteiger partial charge >= 0.3 is 0 Å².